The molecule has 0 N–H and O–H groups in total. The fraction of sp³-hybridized carbons (Fsp3) is 0.500. The average molecular weight is 1820 g/mol. The first-order chi connectivity index (χ1) is 6.45. The van der Waals surface area contributed by atoms with E-state index in [2.05, 4.69) is 38.7 Å². The van der Waals surface area contributed by atoms with E-state index in [0.717, 1.165) is 24.9 Å². The standard InChI is InChI=1S/C11H16.CH.9W/c1-9(2)6-7-11(5)8-10(3)4;;;;;;;;;;/h5,7,9-10H,1-4H3;1H;;;;;;;;;/q-2;-1;;;;;;;;;. The molecule has 0 radical (unpaired) electrons. The van der Waals surface area contributed by atoms with E-state index >= 15 is 0 Å². The van der Waals surface area contributed by atoms with E-state index in [1.54, 1.807) is 0 Å². The van der Waals surface area contributed by atoms with Gasteiger partial charge >= 0.3 is 111 Å². The Balaban J connectivity index is -0.0000000219. The van der Waals surface area contributed by atoms with Gasteiger partial charge in [0.1, 0.15) is 0 Å². The van der Waals surface area contributed by atoms with Crippen molar-refractivity contribution in [2.75, 3.05) is 0 Å². The van der Waals surface area contributed by atoms with Gasteiger partial charge in [-0.2, -0.15) is 0 Å². The molecule has 122 valence electrons. The summed E-state index contributed by atoms with van der Waals surface area (Å²) in [5, 5.41) is 0. The molecule has 0 aromatic heterocycles. The van der Waals surface area contributed by atoms with Gasteiger partial charge in [-0.1, -0.05) is 0 Å². The van der Waals surface area contributed by atoms with E-state index in [1.807, 2.05) is 6.08 Å². The zero-order valence-corrected chi connectivity index (χ0v) is 38.5. The van der Waals surface area contributed by atoms with Gasteiger partial charge in [-0.05, 0) is 0 Å². The third-order valence-corrected chi connectivity index (χ3v) is 3.92. The minimum absolute atomic E-state index is 0. The molecule has 0 aliphatic heterocycles. The van der Waals surface area contributed by atoms with E-state index in [1.165, 1.54) is 23.3 Å². The normalized spacial score (nSPS) is 6.76. The SMILES string of the molecule is [CH-]=C(C=[C-]C(C)C)[C](=[W])C(C)C.[CH-]=[W].[W].[W].[W].[W].[W].[W].[W]. The fourth-order valence-corrected chi connectivity index (χ4v) is 0.873. The zero-order valence-electron chi connectivity index (χ0n) is 12.1. The number of hydrogen-bond donors (Lipinski definition) is 0. The molecule has 0 aromatic rings. The molecule has 0 rings (SSSR count). The molecule has 0 saturated carbocycles. The van der Waals surface area contributed by atoms with Crippen LogP contribution >= 0.6 is 0 Å². The Bertz CT molecular complexity index is 225. The minimum atomic E-state index is 0. The van der Waals surface area contributed by atoms with Crippen molar-refractivity contribution in [3.05, 3.63) is 24.3 Å². The number of allylic oxidation sites excluding steroid dienone is 3. The maximum atomic E-state index is 5.85. The molecular formula is C12H17W9-3. The van der Waals surface area contributed by atoms with Crippen molar-refractivity contribution < 1.29 is 186 Å². The summed E-state index contributed by atoms with van der Waals surface area (Å²) in [6, 6.07) is 0. The van der Waals surface area contributed by atoms with Gasteiger partial charge < -0.3 is 0 Å². The monoisotopic (exact) mass is 1820 g/mol. The summed E-state index contributed by atoms with van der Waals surface area (Å²) in [5.74, 6) is 1.02. The van der Waals surface area contributed by atoms with E-state index in [9.17, 15) is 0 Å². The average Bonchev–Trinajstić information content (AvgIpc) is 2.15. The van der Waals surface area contributed by atoms with Crippen LogP contribution in [0.2, 0.25) is 0 Å². The van der Waals surface area contributed by atoms with Gasteiger partial charge in [0.15, 0.2) is 0 Å². The van der Waals surface area contributed by atoms with Gasteiger partial charge in [0.05, 0.1) is 0 Å². The topological polar surface area (TPSA) is 0 Å². The van der Waals surface area contributed by atoms with E-state index in [4.69, 9.17) is 6.58 Å². The first kappa shape index (κ1) is 56.3. The summed E-state index contributed by atoms with van der Waals surface area (Å²) in [4.78, 5) is 4.58. The Morgan fingerprint density at radius 1 is 0.857 bits per heavy atom. The third-order valence-electron chi connectivity index (χ3n) is 1.38. The Morgan fingerprint density at radius 3 is 1.33 bits per heavy atom. The minimum Gasteiger partial charge on any atom is 0 e. The van der Waals surface area contributed by atoms with Crippen LogP contribution in [0.4, 0.5) is 0 Å². The second kappa shape index (κ2) is 40.2. The Morgan fingerprint density at radius 2 is 1.14 bits per heavy atom. The second-order valence-electron chi connectivity index (χ2n) is 3.44. The van der Waals surface area contributed by atoms with Crippen molar-refractivity contribution in [3.63, 3.8) is 0 Å². The van der Waals surface area contributed by atoms with Crippen LogP contribution in [0.25, 0.3) is 0 Å². The van der Waals surface area contributed by atoms with E-state index in [0.29, 0.717) is 11.8 Å². The van der Waals surface area contributed by atoms with Gasteiger partial charge in [-0.25, -0.2) is 0 Å². The van der Waals surface area contributed by atoms with Gasteiger partial charge in [-0.15, -0.1) is 0 Å². The van der Waals surface area contributed by atoms with Crippen molar-refractivity contribution in [1.29, 1.82) is 0 Å². The first-order valence-corrected chi connectivity index (χ1v) is 7.60. The summed E-state index contributed by atoms with van der Waals surface area (Å²) >= 11 is 2.54. The summed E-state index contributed by atoms with van der Waals surface area (Å²) in [7, 11) is 0. The molecule has 0 spiro atoms. The summed E-state index contributed by atoms with van der Waals surface area (Å²) < 4.78 is 1.32. The van der Waals surface area contributed by atoms with Crippen molar-refractivity contribution in [2.45, 2.75) is 27.7 Å². The smallest absolute Gasteiger partial charge is 0 e. The molecule has 0 heterocycles. The Hall–Kier alpha value is 5.41. The van der Waals surface area contributed by atoms with E-state index < -0.39 is 0 Å². The van der Waals surface area contributed by atoms with Crippen LogP contribution in [0.5, 0.6) is 0 Å². The Labute approximate surface area is 253 Å². The van der Waals surface area contributed by atoms with Gasteiger partial charge in [0.2, 0.25) is 0 Å². The molecule has 0 aliphatic carbocycles. The van der Waals surface area contributed by atoms with Crippen LogP contribution in [0.3, 0.4) is 0 Å². The van der Waals surface area contributed by atoms with Crippen LogP contribution in [-0.2, 0) is 186 Å². The number of hydrogen-bond acceptors (Lipinski definition) is 0. The molecular weight excluding hydrogens is 1800 g/mol. The summed E-state index contributed by atoms with van der Waals surface area (Å²) in [6.45, 7) is 14.4. The maximum absolute atomic E-state index is 5.85. The second-order valence-corrected chi connectivity index (χ2v) is 5.02. The number of rotatable bonds is 4. The van der Waals surface area contributed by atoms with E-state index in [-0.39, 0.29) is 147 Å². The maximum Gasteiger partial charge on any atom is 0 e. The van der Waals surface area contributed by atoms with Gasteiger partial charge in [0, 0.05) is 147 Å². The largest absolute Gasteiger partial charge is 0 e. The molecule has 9 heteroatoms. The first-order valence-electron chi connectivity index (χ1n) is 4.44. The molecule has 0 aliphatic rings. The van der Waals surface area contributed by atoms with Crippen molar-refractivity contribution in [2.24, 2.45) is 11.8 Å². The predicted molar refractivity (Wildman–Crippen MR) is 56.4 cm³/mol. The van der Waals surface area contributed by atoms with Crippen LogP contribution in [0, 0.1) is 24.5 Å². The van der Waals surface area contributed by atoms with Gasteiger partial charge in [0.25, 0.3) is 0 Å². The van der Waals surface area contributed by atoms with Crippen molar-refractivity contribution >= 4 is 8.80 Å². The van der Waals surface area contributed by atoms with Crippen LogP contribution in [0.1, 0.15) is 27.7 Å². The Kier molecular flexibility index (Phi) is 108. The van der Waals surface area contributed by atoms with Crippen LogP contribution < -0.4 is 0 Å². The zero-order chi connectivity index (χ0) is 11.7. The molecule has 21 heavy (non-hydrogen) atoms. The molecule has 0 nitrogen and oxygen atoms in total. The van der Waals surface area contributed by atoms with Crippen LogP contribution in [0.15, 0.2) is 11.6 Å². The molecule has 0 fully saturated rings. The van der Waals surface area contributed by atoms with Crippen molar-refractivity contribution in [1.82, 2.24) is 0 Å². The van der Waals surface area contributed by atoms with Crippen LogP contribution in [-0.4, -0.2) is 8.80 Å². The summed E-state index contributed by atoms with van der Waals surface area (Å²) in [5.41, 5.74) is 0.897. The molecule has 0 aromatic carbocycles. The fourth-order valence-electron chi connectivity index (χ4n) is 0.661. The molecule has 0 atom stereocenters. The molecule has 0 saturated heterocycles. The quantitative estimate of drug-likeness (QED) is 0.301. The molecule has 0 bridgehead atoms. The van der Waals surface area contributed by atoms with Gasteiger partial charge in [-0.3, -0.25) is 0 Å². The van der Waals surface area contributed by atoms with Crippen molar-refractivity contribution in [3.8, 4) is 0 Å². The predicted octanol–water partition coefficient (Wildman–Crippen LogP) is 2.56. The molecule has 0 unspecified atom stereocenters. The molecule has 0 amide bonds. The summed E-state index contributed by atoms with van der Waals surface area (Å²) in [6.07, 6.45) is 5.10. The third kappa shape index (κ3) is 41.1.